The number of nitrogens with two attached hydrogens (primary N) is 1. The zero-order valence-electron chi connectivity index (χ0n) is 19.0. The summed E-state index contributed by atoms with van der Waals surface area (Å²) in [5.74, 6) is -0.354. The predicted octanol–water partition coefficient (Wildman–Crippen LogP) is 1.68. The summed E-state index contributed by atoms with van der Waals surface area (Å²) in [7, 11) is 0. The molecule has 1 aromatic rings. The Balaban J connectivity index is 2.19. The summed E-state index contributed by atoms with van der Waals surface area (Å²) < 4.78 is 0. The molecular formula is C24H36N4O3. The molecule has 0 aliphatic carbocycles. The number of hydrogen-bond donors (Lipinski definition) is 1. The highest BCUT2D eigenvalue weighted by molar-refractivity contribution is 5.85. The number of primary amides is 1. The summed E-state index contributed by atoms with van der Waals surface area (Å²) in [6, 6.07) is 9.65. The van der Waals surface area contributed by atoms with E-state index in [0.29, 0.717) is 26.2 Å². The molecule has 2 unspecified atom stereocenters. The predicted molar refractivity (Wildman–Crippen MR) is 122 cm³/mol. The van der Waals surface area contributed by atoms with E-state index < -0.39 is 5.91 Å². The lowest BCUT2D eigenvalue weighted by molar-refractivity contribution is -0.147. The van der Waals surface area contributed by atoms with Crippen LogP contribution in [0.2, 0.25) is 0 Å². The van der Waals surface area contributed by atoms with E-state index in [4.69, 9.17) is 5.73 Å². The Labute approximate surface area is 185 Å². The molecule has 0 radical (unpaired) electrons. The first-order chi connectivity index (χ1) is 14.7. The van der Waals surface area contributed by atoms with Crippen LogP contribution in [0.1, 0.15) is 32.8 Å². The first-order valence-corrected chi connectivity index (χ1v) is 11.0. The van der Waals surface area contributed by atoms with Gasteiger partial charge in [-0.2, -0.15) is 0 Å². The number of amides is 3. The first-order valence-electron chi connectivity index (χ1n) is 11.0. The van der Waals surface area contributed by atoms with Crippen molar-refractivity contribution in [1.82, 2.24) is 14.7 Å². The Bertz CT molecular complexity index is 765. The molecule has 31 heavy (non-hydrogen) atoms. The number of hydrogen-bond acceptors (Lipinski definition) is 4. The summed E-state index contributed by atoms with van der Waals surface area (Å²) in [4.78, 5) is 42.9. The molecule has 1 fully saturated rings. The smallest absolute Gasteiger partial charge is 0.239 e. The second-order valence-electron chi connectivity index (χ2n) is 8.67. The highest BCUT2D eigenvalue weighted by Crippen LogP contribution is 2.21. The van der Waals surface area contributed by atoms with Crippen molar-refractivity contribution in [1.29, 1.82) is 0 Å². The summed E-state index contributed by atoms with van der Waals surface area (Å²) in [6.45, 7) is 11.6. The molecule has 1 aliphatic rings. The molecule has 7 nitrogen and oxygen atoms in total. The van der Waals surface area contributed by atoms with Crippen molar-refractivity contribution in [2.24, 2.45) is 11.7 Å². The summed E-state index contributed by atoms with van der Waals surface area (Å²) in [5.41, 5.74) is 6.56. The lowest BCUT2D eigenvalue weighted by atomic mass is 10.0. The van der Waals surface area contributed by atoms with E-state index in [9.17, 15) is 14.4 Å². The van der Waals surface area contributed by atoms with Crippen LogP contribution in [-0.2, 0) is 20.8 Å². The monoisotopic (exact) mass is 428 g/mol. The minimum absolute atomic E-state index is 0.0489. The molecule has 170 valence electrons. The molecule has 1 saturated heterocycles. The van der Waals surface area contributed by atoms with Gasteiger partial charge in [-0.05, 0) is 24.8 Å². The van der Waals surface area contributed by atoms with Crippen LogP contribution < -0.4 is 5.73 Å². The van der Waals surface area contributed by atoms with Crippen molar-refractivity contribution in [3.05, 3.63) is 48.6 Å². The van der Waals surface area contributed by atoms with Gasteiger partial charge in [0.1, 0.15) is 0 Å². The van der Waals surface area contributed by atoms with Gasteiger partial charge in [0.2, 0.25) is 17.7 Å². The lowest BCUT2D eigenvalue weighted by Gasteiger charge is -2.45. The highest BCUT2D eigenvalue weighted by atomic mass is 16.2. The van der Waals surface area contributed by atoms with Crippen LogP contribution in [-0.4, -0.2) is 77.2 Å². The second kappa shape index (κ2) is 11.6. The average Bonchev–Trinajstić information content (AvgIpc) is 2.71. The van der Waals surface area contributed by atoms with Crippen LogP contribution in [0, 0.1) is 5.92 Å². The van der Waals surface area contributed by atoms with Crippen LogP contribution in [0.5, 0.6) is 0 Å². The van der Waals surface area contributed by atoms with Crippen LogP contribution in [0.15, 0.2) is 43.0 Å². The Morgan fingerprint density at radius 1 is 1.29 bits per heavy atom. The molecule has 1 aliphatic heterocycles. The Hall–Kier alpha value is -2.67. The van der Waals surface area contributed by atoms with Gasteiger partial charge in [0, 0.05) is 38.6 Å². The van der Waals surface area contributed by atoms with Crippen LogP contribution in [0.25, 0.3) is 0 Å². The molecule has 2 atom stereocenters. The van der Waals surface area contributed by atoms with E-state index >= 15 is 0 Å². The maximum atomic E-state index is 13.1. The number of piperazine rings is 1. The van der Waals surface area contributed by atoms with Crippen molar-refractivity contribution in [3.8, 4) is 0 Å². The lowest BCUT2D eigenvalue weighted by Crippen LogP contribution is -2.62. The number of benzene rings is 1. The minimum atomic E-state index is -0.518. The molecule has 3 amide bonds. The van der Waals surface area contributed by atoms with Gasteiger partial charge in [0.05, 0.1) is 12.6 Å². The maximum Gasteiger partial charge on any atom is 0.239 e. The SMILES string of the molecule is C=CCN1CC(CC(=O)N(CC(N)=O)CC(C)C)N(CCc2ccccc2)C(C)C1=O. The summed E-state index contributed by atoms with van der Waals surface area (Å²) in [5, 5.41) is 0. The third-order valence-electron chi connectivity index (χ3n) is 5.61. The van der Waals surface area contributed by atoms with Crippen LogP contribution in [0.3, 0.4) is 0 Å². The van der Waals surface area contributed by atoms with E-state index in [0.717, 1.165) is 6.42 Å². The fraction of sp³-hybridized carbons (Fsp3) is 0.542. The van der Waals surface area contributed by atoms with Gasteiger partial charge in [-0.15, -0.1) is 6.58 Å². The fourth-order valence-corrected chi connectivity index (χ4v) is 4.17. The zero-order valence-corrected chi connectivity index (χ0v) is 19.0. The molecule has 1 aromatic carbocycles. The quantitative estimate of drug-likeness (QED) is 0.543. The highest BCUT2D eigenvalue weighted by Gasteiger charge is 2.38. The van der Waals surface area contributed by atoms with Crippen LogP contribution in [0.4, 0.5) is 0 Å². The molecule has 0 bridgehead atoms. The number of rotatable bonds is 11. The number of carbonyl (C=O) groups is 3. The van der Waals surface area contributed by atoms with Crippen LogP contribution >= 0.6 is 0 Å². The van der Waals surface area contributed by atoms with Gasteiger partial charge >= 0.3 is 0 Å². The molecular weight excluding hydrogens is 392 g/mol. The van der Waals surface area contributed by atoms with E-state index in [1.165, 1.54) is 5.56 Å². The van der Waals surface area contributed by atoms with Gasteiger partial charge in [-0.1, -0.05) is 50.3 Å². The molecule has 0 saturated carbocycles. The van der Waals surface area contributed by atoms with Gasteiger partial charge in [0.25, 0.3) is 0 Å². The maximum absolute atomic E-state index is 13.1. The minimum Gasteiger partial charge on any atom is -0.368 e. The molecule has 0 spiro atoms. The average molecular weight is 429 g/mol. The molecule has 1 heterocycles. The standard InChI is InChI=1S/C24H36N4O3/c1-5-12-26-16-21(14-23(30)27(15-18(2)3)17-22(25)29)28(19(4)24(26)31)13-11-20-9-7-6-8-10-20/h5-10,18-19,21H,1,11-17H2,2-4H3,(H2,25,29). The molecule has 2 rings (SSSR count). The van der Waals surface area contributed by atoms with Crippen molar-refractivity contribution < 1.29 is 14.4 Å². The Morgan fingerprint density at radius 3 is 2.55 bits per heavy atom. The summed E-state index contributed by atoms with van der Waals surface area (Å²) >= 11 is 0. The first kappa shape index (κ1) is 24.6. The van der Waals surface area contributed by atoms with Gasteiger partial charge < -0.3 is 15.5 Å². The van der Waals surface area contributed by atoms with E-state index in [1.54, 1.807) is 15.9 Å². The van der Waals surface area contributed by atoms with E-state index in [1.807, 2.05) is 39.0 Å². The van der Waals surface area contributed by atoms with Crippen molar-refractivity contribution in [3.63, 3.8) is 0 Å². The number of nitrogens with zero attached hydrogens (tertiary/aromatic N) is 3. The molecule has 2 N–H and O–H groups in total. The number of carbonyl (C=O) groups excluding carboxylic acids is 3. The van der Waals surface area contributed by atoms with Gasteiger partial charge in [0.15, 0.2) is 0 Å². The topological polar surface area (TPSA) is 87.0 Å². The Kier molecular flexibility index (Phi) is 9.24. The van der Waals surface area contributed by atoms with Crippen molar-refractivity contribution >= 4 is 17.7 Å². The fourth-order valence-electron chi connectivity index (χ4n) is 4.17. The largest absolute Gasteiger partial charge is 0.368 e. The normalized spacial score (nSPS) is 19.5. The zero-order chi connectivity index (χ0) is 23.0. The molecule has 7 heteroatoms. The van der Waals surface area contributed by atoms with Gasteiger partial charge in [-0.3, -0.25) is 19.3 Å². The van der Waals surface area contributed by atoms with Crippen molar-refractivity contribution in [2.75, 3.05) is 32.7 Å². The van der Waals surface area contributed by atoms with E-state index in [-0.39, 0.29) is 42.8 Å². The molecule has 0 aromatic heterocycles. The third-order valence-corrected chi connectivity index (χ3v) is 5.61. The van der Waals surface area contributed by atoms with E-state index in [2.05, 4.69) is 23.6 Å². The third kappa shape index (κ3) is 7.21. The Morgan fingerprint density at radius 2 is 1.97 bits per heavy atom. The second-order valence-corrected chi connectivity index (χ2v) is 8.67. The van der Waals surface area contributed by atoms with Crippen molar-refractivity contribution in [2.45, 2.75) is 45.7 Å². The summed E-state index contributed by atoms with van der Waals surface area (Å²) in [6.07, 6.45) is 2.74. The van der Waals surface area contributed by atoms with Gasteiger partial charge in [-0.25, -0.2) is 0 Å².